The van der Waals surface area contributed by atoms with E-state index < -0.39 is 0 Å². The number of carbonyl (C=O) groups excluding carboxylic acids is 1. The van der Waals surface area contributed by atoms with Gasteiger partial charge in [0.05, 0.1) is 18.1 Å². The van der Waals surface area contributed by atoms with E-state index in [1.54, 1.807) is 55.7 Å². The topological polar surface area (TPSA) is 53.7 Å². The lowest BCUT2D eigenvalue weighted by atomic mass is 10.1. The van der Waals surface area contributed by atoms with Crippen LogP contribution in [0.25, 0.3) is 0 Å². The summed E-state index contributed by atoms with van der Waals surface area (Å²) in [5.74, 6) is -0.168. The summed E-state index contributed by atoms with van der Waals surface area (Å²) in [5.41, 5.74) is 1.93. The highest BCUT2D eigenvalue weighted by molar-refractivity contribution is 5.97. The van der Waals surface area contributed by atoms with Gasteiger partial charge in [0.1, 0.15) is 5.75 Å². The van der Waals surface area contributed by atoms with E-state index in [1.165, 1.54) is 0 Å². The third kappa shape index (κ3) is 2.37. The van der Waals surface area contributed by atoms with Gasteiger partial charge in [-0.3, -0.25) is 4.79 Å². The van der Waals surface area contributed by atoms with E-state index in [0.717, 1.165) is 5.56 Å². The molecule has 0 spiro atoms. The Morgan fingerprint density at radius 2 is 2.17 bits per heavy atom. The quantitative estimate of drug-likeness (QED) is 0.904. The number of rotatable bonds is 3. The van der Waals surface area contributed by atoms with Crippen molar-refractivity contribution in [2.75, 3.05) is 7.05 Å². The third-order valence-corrected chi connectivity index (χ3v) is 2.81. The lowest BCUT2D eigenvalue weighted by Crippen LogP contribution is -2.26. The molecule has 0 aliphatic carbocycles. The van der Waals surface area contributed by atoms with Crippen molar-refractivity contribution in [2.45, 2.75) is 13.5 Å². The van der Waals surface area contributed by atoms with Crippen LogP contribution in [0.2, 0.25) is 0 Å². The summed E-state index contributed by atoms with van der Waals surface area (Å²) in [6, 6.07) is 6.95. The molecule has 0 aliphatic heterocycles. The van der Waals surface area contributed by atoms with Gasteiger partial charge in [0, 0.05) is 19.2 Å². The Morgan fingerprint density at radius 1 is 1.39 bits per heavy atom. The van der Waals surface area contributed by atoms with Crippen molar-refractivity contribution in [3.63, 3.8) is 0 Å². The van der Waals surface area contributed by atoms with Crippen molar-refractivity contribution in [1.82, 2.24) is 4.90 Å². The molecule has 1 heterocycles. The molecule has 0 bridgehead atoms. The summed E-state index contributed by atoms with van der Waals surface area (Å²) in [6.45, 7) is 2.21. The summed E-state index contributed by atoms with van der Waals surface area (Å²) in [7, 11) is 1.69. The molecule has 2 rings (SSSR count). The minimum atomic E-state index is -0.211. The van der Waals surface area contributed by atoms with Crippen molar-refractivity contribution in [3.05, 3.63) is 53.5 Å². The smallest absolute Gasteiger partial charge is 0.257 e. The molecule has 0 aliphatic rings. The standard InChI is InChI=1S/C14H15NO3/c1-10-4-3-5-12(13(10)16)14(17)15(2)8-11-6-7-18-9-11/h3-7,9,16H,8H2,1-2H3. The van der Waals surface area contributed by atoms with E-state index in [0.29, 0.717) is 17.7 Å². The van der Waals surface area contributed by atoms with Crippen LogP contribution < -0.4 is 0 Å². The number of carbonyl (C=O) groups is 1. The Kier molecular flexibility index (Phi) is 3.37. The average molecular weight is 245 g/mol. The normalized spacial score (nSPS) is 10.3. The van der Waals surface area contributed by atoms with Gasteiger partial charge in [-0.05, 0) is 24.6 Å². The molecule has 4 heteroatoms. The second kappa shape index (κ2) is 4.96. The number of phenols is 1. The number of para-hydroxylation sites is 1. The van der Waals surface area contributed by atoms with E-state index in [-0.39, 0.29) is 11.7 Å². The molecule has 0 atom stereocenters. The maximum Gasteiger partial charge on any atom is 0.257 e. The molecule has 0 radical (unpaired) electrons. The van der Waals surface area contributed by atoms with Crippen LogP contribution in [0.15, 0.2) is 41.2 Å². The SMILES string of the molecule is Cc1cccc(C(=O)N(C)Cc2ccoc2)c1O. The van der Waals surface area contributed by atoms with Crippen LogP contribution in [0.3, 0.4) is 0 Å². The Morgan fingerprint density at radius 3 is 2.83 bits per heavy atom. The molecule has 0 fully saturated rings. The number of furan rings is 1. The molecular weight excluding hydrogens is 230 g/mol. The third-order valence-electron chi connectivity index (χ3n) is 2.81. The van der Waals surface area contributed by atoms with Crippen LogP contribution in [-0.2, 0) is 6.54 Å². The van der Waals surface area contributed by atoms with E-state index >= 15 is 0 Å². The summed E-state index contributed by atoms with van der Waals surface area (Å²) in [6.07, 6.45) is 3.16. The minimum absolute atomic E-state index is 0.0431. The molecule has 0 saturated carbocycles. The largest absolute Gasteiger partial charge is 0.507 e. The van der Waals surface area contributed by atoms with Gasteiger partial charge in [-0.15, -0.1) is 0 Å². The fraction of sp³-hybridized carbons (Fsp3) is 0.214. The summed E-state index contributed by atoms with van der Waals surface area (Å²) < 4.78 is 4.96. The zero-order chi connectivity index (χ0) is 13.1. The van der Waals surface area contributed by atoms with Gasteiger partial charge in [-0.25, -0.2) is 0 Å². The van der Waals surface area contributed by atoms with Crippen LogP contribution in [0.5, 0.6) is 5.75 Å². The highest BCUT2D eigenvalue weighted by Crippen LogP contribution is 2.23. The zero-order valence-corrected chi connectivity index (χ0v) is 10.4. The van der Waals surface area contributed by atoms with Crippen LogP contribution in [-0.4, -0.2) is 23.0 Å². The van der Waals surface area contributed by atoms with Crippen molar-refractivity contribution < 1.29 is 14.3 Å². The minimum Gasteiger partial charge on any atom is -0.507 e. The fourth-order valence-electron chi connectivity index (χ4n) is 1.77. The molecular formula is C14H15NO3. The lowest BCUT2D eigenvalue weighted by molar-refractivity contribution is 0.0781. The molecule has 1 N–H and O–H groups in total. The Balaban J connectivity index is 2.18. The number of hydrogen-bond acceptors (Lipinski definition) is 3. The Labute approximate surface area is 105 Å². The molecule has 4 nitrogen and oxygen atoms in total. The second-order valence-electron chi connectivity index (χ2n) is 4.26. The number of benzene rings is 1. The highest BCUT2D eigenvalue weighted by atomic mass is 16.3. The van der Waals surface area contributed by atoms with Gasteiger partial charge >= 0.3 is 0 Å². The molecule has 0 saturated heterocycles. The van der Waals surface area contributed by atoms with Gasteiger partial charge in [0.2, 0.25) is 0 Å². The van der Waals surface area contributed by atoms with E-state index in [2.05, 4.69) is 0 Å². The first-order chi connectivity index (χ1) is 8.59. The number of nitrogens with zero attached hydrogens (tertiary/aromatic N) is 1. The van der Waals surface area contributed by atoms with Gasteiger partial charge in [0.25, 0.3) is 5.91 Å². The number of amides is 1. The lowest BCUT2D eigenvalue weighted by Gasteiger charge is -2.17. The maximum atomic E-state index is 12.2. The molecule has 0 unspecified atom stereocenters. The summed E-state index contributed by atoms with van der Waals surface area (Å²) >= 11 is 0. The van der Waals surface area contributed by atoms with E-state index in [9.17, 15) is 9.90 Å². The molecule has 1 aromatic carbocycles. The second-order valence-corrected chi connectivity index (χ2v) is 4.26. The zero-order valence-electron chi connectivity index (χ0n) is 10.4. The van der Waals surface area contributed by atoms with Crippen molar-refractivity contribution >= 4 is 5.91 Å². The Hall–Kier alpha value is -2.23. The fourth-order valence-corrected chi connectivity index (χ4v) is 1.77. The highest BCUT2D eigenvalue weighted by Gasteiger charge is 2.17. The van der Waals surface area contributed by atoms with Gasteiger partial charge < -0.3 is 14.4 Å². The first-order valence-electron chi connectivity index (χ1n) is 5.64. The van der Waals surface area contributed by atoms with Gasteiger partial charge in [-0.1, -0.05) is 12.1 Å². The maximum absolute atomic E-state index is 12.2. The number of aryl methyl sites for hydroxylation is 1. The van der Waals surface area contributed by atoms with Gasteiger partial charge in [-0.2, -0.15) is 0 Å². The molecule has 2 aromatic rings. The van der Waals surface area contributed by atoms with Crippen LogP contribution >= 0.6 is 0 Å². The first kappa shape index (κ1) is 12.2. The molecule has 1 amide bonds. The first-order valence-corrected chi connectivity index (χ1v) is 5.64. The van der Waals surface area contributed by atoms with Crippen LogP contribution in [0.4, 0.5) is 0 Å². The monoisotopic (exact) mass is 245 g/mol. The molecule has 1 aromatic heterocycles. The van der Waals surface area contributed by atoms with Crippen LogP contribution in [0, 0.1) is 6.92 Å². The predicted octanol–water partition coefficient (Wildman–Crippen LogP) is 2.57. The van der Waals surface area contributed by atoms with Gasteiger partial charge in [0.15, 0.2) is 0 Å². The van der Waals surface area contributed by atoms with Crippen molar-refractivity contribution in [3.8, 4) is 5.75 Å². The number of aromatic hydroxyl groups is 1. The van der Waals surface area contributed by atoms with Crippen molar-refractivity contribution in [1.29, 1.82) is 0 Å². The number of phenolic OH excluding ortho intramolecular Hbond substituents is 1. The van der Waals surface area contributed by atoms with E-state index in [4.69, 9.17) is 4.42 Å². The average Bonchev–Trinajstić information content (AvgIpc) is 2.84. The molecule has 18 heavy (non-hydrogen) atoms. The molecule has 94 valence electrons. The summed E-state index contributed by atoms with van der Waals surface area (Å²) in [4.78, 5) is 13.7. The van der Waals surface area contributed by atoms with Crippen LogP contribution in [0.1, 0.15) is 21.5 Å². The predicted molar refractivity (Wildman–Crippen MR) is 67.3 cm³/mol. The van der Waals surface area contributed by atoms with Crippen molar-refractivity contribution in [2.24, 2.45) is 0 Å². The van der Waals surface area contributed by atoms with E-state index in [1.807, 2.05) is 0 Å². The summed E-state index contributed by atoms with van der Waals surface area (Å²) in [5, 5.41) is 9.88. The Bertz CT molecular complexity index is 546. The number of hydrogen-bond donors (Lipinski definition) is 1.